The molecule has 1 aromatic carbocycles. The summed E-state index contributed by atoms with van der Waals surface area (Å²) in [7, 11) is 0. The van der Waals surface area contributed by atoms with Gasteiger partial charge < -0.3 is 20.3 Å². The quantitative estimate of drug-likeness (QED) is 0.553. The van der Waals surface area contributed by atoms with Crippen molar-refractivity contribution < 1.29 is 19.1 Å². The van der Waals surface area contributed by atoms with Gasteiger partial charge in [-0.2, -0.15) is 0 Å². The number of rotatable bonds is 5. The number of likely N-dealkylation sites (tertiary alicyclic amines) is 1. The molecular weight excluding hydrogens is 490 g/mol. The third-order valence-corrected chi connectivity index (χ3v) is 9.63. The maximum absolute atomic E-state index is 14.2. The summed E-state index contributed by atoms with van der Waals surface area (Å²) in [4.78, 5) is 43.6. The summed E-state index contributed by atoms with van der Waals surface area (Å²) in [5, 5.41) is 6.80. The topological polar surface area (TPSA) is 87.7 Å². The van der Waals surface area contributed by atoms with Crippen molar-refractivity contribution in [3.63, 3.8) is 0 Å². The summed E-state index contributed by atoms with van der Waals surface area (Å²) in [5.41, 5.74) is 0.401. The van der Waals surface area contributed by atoms with Gasteiger partial charge in [0.25, 0.3) is 0 Å². The van der Waals surface area contributed by atoms with Crippen molar-refractivity contribution in [3.05, 3.63) is 40.9 Å². The van der Waals surface area contributed by atoms with E-state index in [1.54, 1.807) is 6.07 Å². The van der Waals surface area contributed by atoms with Gasteiger partial charge in [0.1, 0.15) is 11.6 Å². The first-order valence-corrected chi connectivity index (χ1v) is 14.3. The van der Waals surface area contributed by atoms with Crippen LogP contribution in [0.2, 0.25) is 5.02 Å². The number of anilines is 1. The van der Waals surface area contributed by atoms with E-state index in [1.807, 2.05) is 36.1 Å². The molecule has 5 aliphatic rings. The second kappa shape index (κ2) is 9.73. The molecule has 2 aliphatic carbocycles. The van der Waals surface area contributed by atoms with Crippen LogP contribution >= 0.6 is 11.6 Å². The Labute approximate surface area is 223 Å². The second-order valence-electron chi connectivity index (χ2n) is 11.5. The SMILES string of the molecule is Cc1ccc(NC(=O)[C@@H]2[C@@H]3C=C[C@]4(O3)[C@@H]2C(=O)N(C2CCCCC2)[C@H]4C(=O)NC2CCCCC2)cc1Cl. The van der Waals surface area contributed by atoms with Crippen LogP contribution in [0.25, 0.3) is 0 Å². The molecule has 3 amide bonds. The highest BCUT2D eigenvalue weighted by atomic mass is 35.5. The van der Waals surface area contributed by atoms with Gasteiger partial charge in [0.2, 0.25) is 17.7 Å². The van der Waals surface area contributed by atoms with Crippen LogP contribution in [0.3, 0.4) is 0 Å². The zero-order valence-electron chi connectivity index (χ0n) is 21.4. The maximum atomic E-state index is 14.2. The molecule has 1 spiro atoms. The zero-order valence-corrected chi connectivity index (χ0v) is 22.1. The summed E-state index contributed by atoms with van der Waals surface area (Å²) in [5.74, 6) is -1.94. The monoisotopic (exact) mass is 525 g/mol. The van der Waals surface area contributed by atoms with Gasteiger partial charge in [-0.25, -0.2) is 0 Å². The van der Waals surface area contributed by atoms with Gasteiger partial charge in [-0.15, -0.1) is 0 Å². The molecule has 2 saturated heterocycles. The molecule has 7 nitrogen and oxygen atoms in total. The number of hydrogen-bond donors (Lipinski definition) is 2. The molecule has 3 aliphatic heterocycles. The fourth-order valence-electron chi connectivity index (χ4n) is 7.38. The van der Waals surface area contributed by atoms with E-state index < -0.39 is 29.6 Å². The molecule has 2 saturated carbocycles. The van der Waals surface area contributed by atoms with E-state index in [2.05, 4.69) is 10.6 Å². The molecule has 6 rings (SSSR count). The number of aryl methyl sites for hydroxylation is 1. The van der Waals surface area contributed by atoms with E-state index >= 15 is 0 Å². The highest BCUT2D eigenvalue weighted by molar-refractivity contribution is 6.31. The van der Waals surface area contributed by atoms with Crippen molar-refractivity contribution in [3.8, 4) is 0 Å². The summed E-state index contributed by atoms with van der Waals surface area (Å²) in [6.07, 6.45) is 13.6. The number of carbonyl (C=O) groups is 3. The normalized spacial score (nSPS) is 33.6. The van der Waals surface area contributed by atoms with Crippen molar-refractivity contribution in [2.45, 2.75) is 101 Å². The Bertz CT molecular complexity index is 1130. The first kappa shape index (κ1) is 24.9. The van der Waals surface area contributed by atoms with E-state index in [0.717, 1.165) is 63.4 Å². The number of ether oxygens (including phenoxy) is 1. The Kier molecular flexibility index (Phi) is 6.56. The first-order chi connectivity index (χ1) is 17.9. The third kappa shape index (κ3) is 4.19. The predicted octanol–water partition coefficient (Wildman–Crippen LogP) is 4.52. The molecule has 0 unspecified atom stereocenters. The first-order valence-electron chi connectivity index (χ1n) is 14.0. The van der Waals surface area contributed by atoms with Gasteiger partial charge in [-0.3, -0.25) is 14.4 Å². The Morgan fingerprint density at radius 1 is 1.03 bits per heavy atom. The van der Waals surface area contributed by atoms with Crippen molar-refractivity contribution in [2.75, 3.05) is 5.32 Å². The molecular formula is C29H36ClN3O4. The summed E-state index contributed by atoms with van der Waals surface area (Å²) < 4.78 is 6.49. The average Bonchev–Trinajstić information content (AvgIpc) is 3.54. The Morgan fingerprint density at radius 3 is 2.43 bits per heavy atom. The van der Waals surface area contributed by atoms with E-state index in [9.17, 15) is 14.4 Å². The summed E-state index contributed by atoms with van der Waals surface area (Å²) in [6, 6.07) is 4.77. The van der Waals surface area contributed by atoms with Gasteiger partial charge in [0.15, 0.2) is 0 Å². The van der Waals surface area contributed by atoms with Gasteiger partial charge in [0.05, 0.1) is 17.9 Å². The molecule has 0 radical (unpaired) electrons. The standard InChI is InChI=1S/C29H36ClN3O4/c1-17-12-13-19(16-21(17)30)32-26(34)23-22-14-15-29(37-22)24(23)28(36)33(20-10-6-3-7-11-20)25(29)27(35)31-18-8-4-2-5-9-18/h12-16,18,20,22-25H,2-11H2,1H3,(H,31,35)(H,32,34)/t22-,23+,24-,25-,29-/m0/s1. The lowest BCUT2D eigenvalue weighted by molar-refractivity contribution is -0.144. The molecule has 8 heteroatoms. The van der Waals surface area contributed by atoms with E-state index in [4.69, 9.17) is 16.3 Å². The van der Waals surface area contributed by atoms with Crippen LogP contribution in [0.15, 0.2) is 30.4 Å². The number of amides is 3. The smallest absolute Gasteiger partial charge is 0.246 e. The Hall–Kier alpha value is -2.38. The summed E-state index contributed by atoms with van der Waals surface area (Å²) >= 11 is 6.28. The van der Waals surface area contributed by atoms with Crippen molar-refractivity contribution in [1.29, 1.82) is 0 Å². The molecule has 2 bridgehead atoms. The number of hydrogen-bond acceptors (Lipinski definition) is 4. The fraction of sp³-hybridized carbons (Fsp3) is 0.621. The van der Waals surface area contributed by atoms with Crippen LogP contribution in [0.5, 0.6) is 0 Å². The minimum absolute atomic E-state index is 0.000928. The lowest BCUT2D eigenvalue weighted by Crippen LogP contribution is -2.58. The average molecular weight is 526 g/mol. The second-order valence-corrected chi connectivity index (χ2v) is 11.9. The number of fused-ring (bicyclic) bond motifs is 1. The van der Waals surface area contributed by atoms with Crippen molar-refractivity contribution >= 4 is 35.0 Å². The van der Waals surface area contributed by atoms with Crippen LogP contribution in [0, 0.1) is 18.8 Å². The van der Waals surface area contributed by atoms with Gasteiger partial charge >= 0.3 is 0 Å². The minimum Gasteiger partial charge on any atom is -0.359 e. The highest BCUT2D eigenvalue weighted by Crippen LogP contribution is 2.56. The third-order valence-electron chi connectivity index (χ3n) is 9.22. The van der Waals surface area contributed by atoms with Crippen LogP contribution in [0.1, 0.15) is 69.8 Å². The highest BCUT2D eigenvalue weighted by Gasteiger charge is 2.73. The Morgan fingerprint density at radius 2 is 1.73 bits per heavy atom. The molecule has 1 aromatic rings. The molecule has 5 atom stereocenters. The zero-order chi connectivity index (χ0) is 25.7. The number of nitrogens with one attached hydrogen (secondary N) is 2. The van der Waals surface area contributed by atoms with Crippen LogP contribution in [0.4, 0.5) is 5.69 Å². The number of benzene rings is 1. The number of carbonyl (C=O) groups excluding carboxylic acids is 3. The van der Waals surface area contributed by atoms with Crippen molar-refractivity contribution in [2.24, 2.45) is 11.8 Å². The van der Waals surface area contributed by atoms with Crippen LogP contribution in [-0.4, -0.2) is 52.5 Å². The van der Waals surface area contributed by atoms with Gasteiger partial charge in [-0.1, -0.05) is 68.3 Å². The van der Waals surface area contributed by atoms with E-state index in [-0.39, 0.29) is 29.8 Å². The van der Waals surface area contributed by atoms with Crippen LogP contribution in [-0.2, 0) is 19.1 Å². The molecule has 2 N–H and O–H groups in total. The maximum Gasteiger partial charge on any atom is 0.246 e. The number of nitrogens with zero attached hydrogens (tertiary/aromatic N) is 1. The van der Waals surface area contributed by atoms with Gasteiger partial charge in [-0.05, 0) is 50.3 Å². The van der Waals surface area contributed by atoms with E-state index in [1.165, 1.54) is 6.42 Å². The lowest BCUT2D eigenvalue weighted by Gasteiger charge is -2.39. The lowest BCUT2D eigenvalue weighted by atomic mass is 9.74. The van der Waals surface area contributed by atoms with E-state index in [0.29, 0.717) is 10.7 Å². The van der Waals surface area contributed by atoms with Gasteiger partial charge in [0, 0.05) is 22.8 Å². The Balaban J connectivity index is 1.31. The largest absolute Gasteiger partial charge is 0.359 e. The summed E-state index contributed by atoms with van der Waals surface area (Å²) in [6.45, 7) is 1.90. The predicted molar refractivity (Wildman–Crippen MR) is 141 cm³/mol. The number of halogens is 1. The molecule has 198 valence electrons. The molecule has 4 fully saturated rings. The fourth-order valence-corrected chi connectivity index (χ4v) is 7.56. The molecule has 37 heavy (non-hydrogen) atoms. The molecule has 0 aromatic heterocycles. The van der Waals surface area contributed by atoms with Crippen LogP contribution < -0.4 is 10.6 Å². The molecule has 3 heterocycles. The minimum atomic E-state index is -1.11. The van der Waals surface area contributed by atoms with Crippen molar-refractivity contribution in [1.82, 2.24) is 10.2 Å².